The normalized spacial score (nSPS) is 16.2. The van der Waals surface area contributed by atoms with E-state index in [9.17, 15) is 5.48 Å². The van der Waals surface area contributed by atoms with Crippen molar-refractivity contribution in [2.75, 3.05) is 0 Å². The average Bonchev–Trinajstić information content (AvgIpc) is 4.24. The van der Waals surface area contributed by atoms with Crippen LogP contribution in [-0.4, -0.2) is 8.80 Å². The first-order valence-electron chi connectivity index (χ1n) is 25.8. The van der Waals surface area contributed by atoms with Gasteiger partial charge in [0.05, 0.1) is 52.3 Å². The first kappa shape index (κ1) is 19.9. The molecule has 0 saturated heterocycles. The van der Waals surface area contributed by atoms with Crippen LogP contribution in [0.4, 0.5) is 0 Å². The molecule has 0 bridgehead atoms. The van der Waals surface area contributed by atoms with Crippen LogP contribution in [0.2, 0.25) is 0 Å². The molecule has 0 aliphatic heterocycles. The van der Waals surface area contributed by atoms with Crippen molar-refractivity contribution in [3.8, 4) is 22.3 Å². The molecule has 0 aliphatic carbocycles. The van der Waals surface area contributed by atoms with Crippen LogP contribution in [0.15, 0.2) is 178 Å². The van der Waals surface area contributed by atoms with E-state index in [0.29, 0.717) is 11.1 Å². The standard InChI is InChI=1S/C54H28N2O2/c1-3-19-47-33(9-1)41-25-29(21-23-49(41)57-47)31-11-7-17-43-51(31)37-15-5-13-35-39-28-46-40(27-45(39)55(43)53(35)37)36-14-6-16-38-52-32(12-8-18-44(52)56(46)54(36)38)30-22-24-50-42(26-30)34-10-2-4-20-48(34)58-50/h1-28H/i1D,2D,3D,4D,9D,10D,19D,20D,21D,22D,23D,24D,25D,26D. The summed E-state index contributed by atoms with van der Waals surface area (Å²) in [5.41, 5.74) is 5.95. The molecule has 4 nitrogen and oxygen atoms in total. The number of hydrogen-bond donors (Lipinski definition) is 0. The van der Waals surface area contributed by atoms with Crippen LogP contribution >= 0.6 is 0 Å². The van der Waals surface area contributed by atoms with Gasteiger partial charge in [-0.05, 0) is 82.8 Å². The Morgan fingerprint density at radius 2 is 0.793 bits per heavy atom. The minimum atomic E-state index is -0.493. The molecule has 6 heterocycles. The third-order valence-corrected chi connectivity index (χ3v) is 12.1. The molecule has 266 valence electrons. The van der Waals surface area contributed by atoms with Crippen molar-refractivity contribution in [2.45, 2.75) is 0 Å². The number of rotatable bonds is 2. The van der Waals surface area contributed by atoms with E-state index in [0.717, 1.165) is 76.2 Å². The number of hydrogen-bond acceptors (Lipinski definition) is 2. The second-order valence-electron chi connectivity index (χ2n) is 14.9. The summed E-state index contributed by atoms with van der Waals surface area (Å²) in [6.07, 6.45) is 0. The smallest absolute Gasteiger partial charge is 0.135 e. The summed E-state index contributed by atoms with van der Waals surface area (Å²) in [6.45, 7) is 0. The summed E-state index contributed by atoms with van der Waals surface area (Å²) in [7, 11) is 0. The van der Waals surface area contributed by atoms with E-state index in [-0.39, 0.29) is 103 Å². The van der Waals surface area contributed by atoms with E-state index < -0.39 is 36.3 Å². The van der Waals surface area contributed by atoms with Gasteiger partial charge in [0, 0.05) is 64.6 Å². The predicted octanol–water partition coefficient (Wildman–Crippen LogP) is 15.1. The lowest BCUT2D eigenvalue weighted by Gasteiger charge is -2.07. The van der Waals surface area contributed by atoms with Crippen LogP contribution in [0.1, 0.15) is 19.2 Å². The van der Waals surface area contributed by atoms with Gasteiger partial charge < -0.3 is 17.6 Å². The Balaban J connectivity index is 1.00. The Hall–Kier alpha value is -7.82. The fourth-order valence-corrected chi connectivity index (χ4v) is 9.84. The summed E-state index contributed by atoms with van der Waals surface area (Å²) >= 11 is 0. The van der Waals surface area contributed by atoms with Gasteiger partial charge in [-0.3, -0.25) is 0 Å². The second-order valence-corrected chi connectivity index (χ2v) is 14.9. The molecule has 0 amide bonds. The zero-order valence-electron chi connectivity index (χ0n) is 43.8. The SMILES string of the molecule is [2H]c1c([2H])c([2H])c2c(oc3c([2H])c([2H])c(-c4cccc5c4c4cccc6c7cc8c(cc7n5c64)c4cccc5c6c(-c7c([2H])c([2H])c9oc%10c([2H])c([2H])c([2H])c([2H])c%10c9c7[2H])cccc6n8c45)c([2H])c32)c1[2H]. The van der Waals surface area contributed by atoms with Gasteiger partial charge >= 0.3 is 0 Å². The van der Waals surface area contributed by atoms with Crippen LogP contribution in [-0.2, 0) is 0 Å². The van der Waals surface area contributed by atoms with Crippen LogP contribution in [0.5, 0.6) is 0 Å². The first-order valence-corrected chi connectivity index (χ1v) is 18.8. The number of benzene rings is 9. The first-order chi connectivity index (χ1) is 34.6. The van der Waals surface area contributed by atoms with Gasteiger partial charge in [-0.2, -0.15) is 0 Å². The van der Waals surface area contributed by atoms with Crippen molar-refractivity contribution in [3.05, 3.63) is 170 Å². The predicted molar refractivity (Wildman–Crippen MR) is 241 cm³/mol. The maximum atomic E-state index is 9.61. The van der Waals surface area contributed by atoms with E-state index in [1.807, 2.05) is 60.7 Å². The second kappa shape index (κ2) is 10.1. The molecule has 15 rings (SSSR count). The molecule has 0 spiro atoms. The molecule has 0 aliphatic rings. The van der Waals surface area contributed by atoms with Crippen molar-refractivity contribution >= 4 is 120 Å². The number of para-hydroxylation sites is 4. The van der Waals surface area contributed by atoms with Crippen molar-refractivity contribution in [1.29, 1.82) is 0 Å². The fraction of sp³-hybridized carbons (Fsp3) is 0. The molecule has 9 aromatic carbocycles. The zero-order chi connectivity index (χ0) is 49.6. The molecule has 6 aromatic heterocycles. The lowest BCUT2D eigenvalue weighted by atomic mass is 9.96. The van der Waals surface area contributed by atoms with Crippen LogP contribution in [0.3, 0.4) is 0 Å². The third kappa shape index (κ3) is 3.46. The molecule has 4 heteroatoms. The minimum absolute atomic E-state index is 0.00419. The number of nitrogens with zero attached hydrogens (tertiary/aromatic N) is 2. The van der Waals surface area contributed by atoms with E-state index in [2.05, 4.69) is 33.1 Å². The van der Waals surface area contributed by atoms with Gasteiger partial charge in [0.15, 0.2) is 0 Å². The van der Waals surface area contributed by atoms with E-state index >= 15 is 0 Å². The Bertz CT molecular complexity index is 4790. The monoisotopic (exact) mass is 750 g/mol. The van der Waals surface area contributed by atoms with Gasteiger partial charge in [-0.1, -0.05) is 109 Å². The lowest BCUT2D eigenvalue weighted by Crippen LogP contribution is -1.85. The van der Waals surface area contributed by atoms with Crippen LogP contribution < -0.4 is 0 Å². The maximum absolute atomic E-state index is 9.61. The quantitative estimate of drug-likeness (QED) is 0.176. The van der Waals surface area contributed by atoms with Gasteiger partial charge in [0.25, 0.3) is 0 Å². The average molecular weight is 751 g/mol. The van der Waals surface area contributed by atoms with E-state index in [1.165, 1.54) is 0 Å². The number of aromatic nitrogens is 2. The fourth-order valence-electron chi connectivity index (χ4n) is 9.84. The highest BCUT2D eigenvalue weighted by Gasteiger charge is 2.24. The van der Waals surface area contributed by atoms with E-state index in [4.69, 9.17) is 22.5 Å². The van der Waals surface area contributed by atoms with Crippen molar-refractivity contribution in [3.63, 3.8) is 0 Å². The van der Waals surface area contributed by atoms with Crippen molar-refractivity contribution < 1.29 is 28.0 Å². The van der Waals surface area contributed by atoms with Gasteiger partial charge in [-0.25, -0.2) is 0 Å². The summed E-state index contributed by atoms with van der Waals surface area (Å²) in [4.78, 5) is 0. The molecule has 0 radical (unpaired) electrons. The molecule has 0 atom stereocenters. The van der Waals surface area contributed by atoms with E-state index in [1.54, 1.807) is 0 Å². The summed E-state index contributed by atoms with van der Waals surface area (Å²) in [5.74, 6) is 0. The maximum Gasteiger partial charge on any atom is 0.135 e. The van der Waals surface area contributed by atoms with Crippen LogP contribution in [0, 0.1) is 0 Å². The van der Waals surface area contributed by atoms with Crippen molar-refractivity contribution in [1.82, 2.24) is 8.80 Å². The molecular weight excluding hydrogens is 709 g/mol. The third-order valence-electron chi connectivity index (χ3n) is 12.1. The zero-order valence-corrected chi connectivity index (χ0v) is 29.8. The summed E-state index contributed by atoms with van der Waals surface area (Å²) in [5, 5.41) is 7.10. The Labute approximate surface area is 348 Å². The van der Waals surface area contributed by atoms with Gasteiger partial charge in [0.2, 0.25) is 0 Å². The number of furan rings is 2. The minimum Gasteiger partial charge on any atom is -0.456 e. The molecule has 58 heavy (non-hydrogen) atoms. The molecule has 0 fully saturated rings. The molecule has 0 saturated carbocycles. The summed E-state index contributed by atoms with van der Waals surface area (Å²) in [6, 6.07) is 22.6. The van der Waals surface area contributed by atoms with Crippen molar-refractivity contribution in [2.24, 2.45) is 0 Å². The largest absolute Gasteiger partial charge is 0.456 e. The highest BCUT2D eigenvalue weighted by Crippen LogP contribution is 2.48. The highest BCUT2D eigenvalue weighted by atomic mass is 16.3. The Kier molecular flexibility index (Phi) is 3.47. The summed E-state index contributed by atoms with van der Waals surface area (Å²) < 4.78 is 140. The molecular formula is C54H28N2O2. The Morgan fingerprint density at radius 3 is 1.29 bits per heavy atom. The van der Waals surface area contributed by atoms with Gasteiger partial charge in [0.1, 0.15) is 22.3 Å². The number of fused-ring (bicyclic) bond motifs is 18. The topological polar surface area (TPSA) is 35.1 Å². The van der Waals surface area contributed by atoms with Gasteiger partial charge in [-0.15, -0.1) is 0 Å². The Morgan fingerprint density at radius 1 is 0.362 bits per heavy atom. The molecule has 0 unspecified atom stereocenters. The lowest BCUT2D eigenvalue weighted by molar-refractivity contribution is 0.668. The highest BCUT2D eigenvalue weighted by molar-refractivity contribution is 6.31. The van der Waals surface area contributed by atoms with Crippen LogP contribution in [0.25, 0.3) is 142 Å². The molecule has 0 N–H and O–H groups in total. The molecule has 15 aromatic rings.